The summed E-state index contributed by atoms with van der Waals surface area (Å²) < 4.78 is 5.80. The zero-order chi connectivity index (χ0) is 37.1. The molecule has 1 unspecified atom stereocenters. The predicted molar refractivity (Wildman–Crippen MR) is 186 cm³/mol. The Labute approximate surface area is 292 Å². The van der Waals surface area contributed by atoms with E-state index in [1.807, 2.05) is 20.8 Å². The lowest BCUT2D eigenvalue weighted by Crippen LogP contribution is -2.61. The van der Waals surface area contributed by atoms with Gasteiger partial charge in [-0.05, 0) is 38.5 Å². The van der Waals surface area contributed by atoms with Crippen molar-refractivity contribution in [3.8, 4) is 0 Å². The molecule has 8 atom stereocenters. The summed E-state index contributed by atoms with van der Waals surface area (Å²) in [6, 6.07) is -4.75. The van der Waals surface area contributed by atoms with Gasteiger partial charge in [0.1, 0.15) is 31.0 Å². The molecule has 1 aliphatic heterocycles. The third-order valence-corrected chi connectivity index (χ3v) is 9.05. The molecule has 0 spiro atoms. The van der Waals surface area contributed by atoms with Crippen LogP contribution < -0.4 is 21.3 Å². The minimum atomic E-state index is -1.52. The van der Waals surface area contributed by atoms with Crippen molar-refractivity contribution < 1.29 is 44.0 Å². The second-order valence-electron chi connectivity index (χ2n) is 13.9. The van der Waals surface area contributed by atoms with E-state index in [2.05, 4.69) is 28.2 Å². The maximum absolute atomic E-state index is 14.0. The molecule has 0 aromatic carbocycles. The summed E-state index contributed by atoms with van der Waals surface area (Å²) in [5.41, 5.74) is 0. The second kappa shape index (κ2) is 23.6. The van der Waals surface area contributed by atoms with Gasteiger partial charge in [0.2, 0.25) is 23.6 Å². The summed E-state index contributed by atoms with van der Waals surface area (Å²) in [5, 5.41) is 41.8. The Hall–Kier alpha value is -2.81. The van der Waals surface area contributed by atoms with Gasteiger partial charge in [0.25, 0.3) is 0 Å². The number of likely N-dealkylation sites (N-methyl/N-ethyl adjacent to an activating group) is 1. The molecule has 0 aromatic rings. The van der Waals surface area contributed by atoms with Crippen molar-refractivity contribution in [2.75, 3.05) is 20.2 Å². The molecule has 14 heteroatoms. The highest BCUT2D eigenvalue weighted by Gasteiger charge is 2.37. The highest BCUT2D eigenvalue weighted by Crippen LogP contribution is 2.23. The van der Waals surface area contributed by atoms with Gasteiger partial charge in [-0.2, -0.15) is 0 Å². The fraction of sp³-hybridized carbons (Fsp3) is 0.857. The van der Waals surface area contributed by atoms with Crippen molar-refractivity contribution in [3.63, 3.8) is 0 Å². The highest BCUT2D eigenvalue weighted by atomic mass is 16.5. The maximum atomic E-state index is 14.0. The van der Waals surface area contributed by atoms with Crippen LogP contribution in [0.15, 0.2) is 0 Å². The van der Waals surface area contributed by atoms with Gasteiger partial charge in [0.05, 0.1) is 30.7 Å². The Kier molecular flexibility index (Phi) is 21.3. The summed E-state index contributed by atoms with van der Waals surface area (Å²) in [5.74, 6) is -4.37. The number of hydrogen-bond acceptors (Lipinski definition) is 10. The zero-order valence-corrected chi connectivity index (χ0v) is 30.8. The first kappa shape index (κ1) is 44.2. The molecule has 0 radical (unpaired) electrons. The van der Waals surface area contributed by atoms with Crippen molar-refractivity contribution in [1.82, 2.24) is 26.2 Å². The van der Waals surface area contributed by atoms with E-state index >= 15 is 0 Å². The molecule has 0 saturated carbocycles. The molecular formula is C35H65N5O9. The number of amides is 4. The van der Waals surface area contributed by atoms with E-state index in [1.54, 1.807) is 14.0 Å². The van der Waals surface area contributed by atoms with Crippen LogP contribution in [0.2, 0.25) is 0 Å². The van der Waals surface area contributed by atoms with E-state index in [9.17, 15) is 39.3 Å². The Morgan fingerprint density at radius 2 is 1.43 bits per heavy atom. The standard InChI is InChI=1S/C35H65N5O9/c1-8-10-11-12-13-14-15-16-18-28-23(5)35(48)40(7)27(19-22(3)4)33(46)37-25(17-9-2)31(44)38-26(21-41)32(45)39-30(24(6)42)34(47)36-20-29(43)49-28/h22-28,30,33,37,41-42,46H,8-21H2,1-7H3,(H,36,47)(H,38,44)(H,39,45)/t23-,24+,25+,26+,27+,28-,30+,33?/m1/s1. The van der Waals surface area contributed by atoms with Gasteiger partial charge < -0.3 is 40.9 Å². The van der Waals surface area contributed by atoms with Gasteiger partial charge in [0.15, 0.2) is 0 Å². The van der Waals surface area contributed by atoms with Gasteiger partial charge in [-0.1, -0.05) is 86.0 Å². The van der Waals surface area contributed by atoms with Crippen molar-refractivity contribution in [2.24, 2.45) is 11.8 Å². The molecule has 14 nitrogen and oxygen atoms in total. The number of nitrogens with one attached hydrogen (secondary N) is 4. The summed E-state index contributed by atoms with van der Waals surface area (Å²) in [4.78, 5) is 67.8. The number of esters is 1. The predicted octanol–water partition coefficient (Wildman–Crippen LogP) is 1.49. The summed E-state index contributed by atoms with van der Waals surface area (Å²) in [6.07, 6.45) is 6.53. The molecular weight excluding hydrogens is 634 g/mol. The molecule has 4 amide bonds. The molecule has 1 heterocycles. The average molecular weight is 700 g/mol. The van der Waals surface area contributed by atoms with Gasteiger partial charge in [-0.15, -0.1) is 0 Å². The molecule has 1 rings (SSSR count). The Morgan fingerprint density at radius 1 is 0.837 bits per heavy atom. The SMILES string of the molecule is CCCCCCCCCC[C@H]1OC(=O)CNC(=O)[C@H]([C@H](C)O)NC(=O)[C@H](CO)NC(=O)[C@H](CCC)NC(O)[C@H](CC(C)C)N(C)C(=O)[C@@H]1C. The van der Waals surface area contributed by atoms with E-state index in [0.717, 1.165) is 32.1 Å². The van der Waals surface area contributed by atoms with Crippen LogP contribution in [-0.4, -0.2) is 113 Å². The molecule has 1 fully saturated rings. The zero-order valence-electron chi connectivity index (χ0n) is 30.8. The first-order valence-electron chi connectivity index (χ1n) is 18.3. The first-order valence-corrected chi connectivity index (χ1v) is 18.3. The maximum Gasteiger partial charge on any atom is 0.325 e. The number of carbonyl (C=O) groups is 5. The first-order chi connectivity index (χ1) is 23.2. The monoisotopic (exact) mass is 699 g/mol. The number of unbranched alkanes of at least 4 members (excludes halogenated alkanes) is 7. The number of rotatable bonds is 15. The number of ether oxygens (including phenoxy) is 1. The van der Waals surface area contributed by atoms with Crippen molar-refractivity contribution >= 4 is 29.6 Å². The lowest BCUT2D eigenvalue weighted by Gasteiger charge is -2.37. The smallest absolute Gasteiger partial charge is 0.325 e. The summed E-state index contributed by atoms with van der Waals surface area (Å²) in [7, 11) is 1.58. The van der Waals surface area contributed by atoms with E-state index in [0.29, 0.717) is 19.3 Å². The van der Waals surface area contributed by atoms with Crippen LogP contribution in [-0.2, 0) is 28.7 Å². The van der Waals surface area contributed by atoms with Gasteiger partial charge in [-0.3, -0.25) is 29.3 Å². The quantitative estimate of drug-likeness (QED) is 0.0968. The molecule has 7 N–H and O–H groups in total. The van der Waals surface area contributed by atoms with Crippen LogP contribution in [0.1, 0.15) is 119 Å². The highest BCUT2D eigenvalue weighted by molar-refractivity contribution is 5.94. The normalized spacial score (nSPS) is 27.8. The number of aliphatic hydroxyl groups is 3. The van der Waals surface area contributed by atoms with Gasteiger partial charge in [-0.25, -0.2) is 0 Å². The van der Waals surface area contributed by atoms with Crippen molar-refractivity contribution in [1.29, 1.82) is 0 Å². The number of carbonyl (C=O) groups excluding carboxylic acids is 5. The van der Waals surface area contributed by atoms with Gasteiger partial charge in [0, 0.05) is 7.05 Å². The fourth-order valence-electron chi connectivity index (χ4n) is 6.02. The van der Waals surface area contributed by atoms with Crippen molar-refractivity contribution in [3.05, 3.63) is 0 Å². The molecule has 0 bridgehead atoms. The van der Waals surface area contributed by atoms with E-state index in [-0.39, 0.29) is 18.2 Å². The molecule has 1 aliphatic rings. The second-order valence-corrected chi connectivity index (χ2v) is 13.9. The van der Waals surface area contributed by atoms with Gasteiger partial charge >= 0.3 is 5.97 Å². The average Bonchev–Trinajstić information content (AvgIpc) is 3.05. The fourth-order valence-corrected chi connectivity index (χ4v) is 6.02. The number of hydrogen-bond donors (Lipinski definition) is 7. The van der Waals surface area contributed by atoms with Crippen LogP contribution in [0.5, 0.6) is 0 Å². The molecule has 49 heavy (non-hydrogen) atoms. The lowest BCUT2D eigenvalue weighted by molar-refractivity contribution is -0.157. The number of cyclic esters (lactones) is 1. The molecule has 0 aromatic heterocycles. The Balaban J connectivity index is 3.44. The third kappa shape index (κ3) is 15.7. The number of nitrogens with zero attached hydrogens (tertiary/aromatic N) is 1. The summed E-state index contributed by atoms with van der Waals surface area (Å²) in [6.45, 7) is 9.46. The number of aliphatic hydroxyl groups excluding tert-OH is 3. The lowest BCUT2D eigenvalue weighted by atomic mass is 9.94. The van der Waals surface area contributed by atoms with Crippen LogP contribution in [0, 0.1) is 11.8 Å². The Morgan fingerprint density at radius 3 is 1.98 bits per heavy atom. The summed E-state index contributed by atoms with van der Waals surface area (Å²) >= 11 is 0. The van der Waals surface area contributed by atoms with E-state index < -0.39 is 85.4 Å². The molecule has 284 valence electrons. The minimum Gasteiger partial charge on any atom is -0.460 e. The van der Waals surface area contributed by atoms with Crippen LogP contribution >= 0.6 is 0 Å². The van der Waals surface area contributed by atoms with Crippen LogP contribution in [0.3, 0.4) is 0 Å². The van der Waals surface area contributed by atoms with E-state index in [1.165, 1.54) is 31.1 Å². The van der Waals surface area contributed by atoms with Crippen LogP contribution in [0.4, 0.5) is 0 Å². The van der Waals surface area contributed by atoms with Crippen LogP contribution in [0.25, 0.3) is 0 Å². The minimum absolute atomic E-state index is 0.0611. The molecule has 1 saturated heterocycles. The van der Waals surface area contributed by atoms with E-state index in [4.69, 9.17) is 4.74 Å². The topological polar surface area (TPSA) is 207 Å². The third-order valence-electron chi connectivity index (χ3n) is 9.05. The van der Waals surface area contributed by atoms with Crippen molar-refractivity contribution in [2.45, 2.75) is 161 Å². The molecule has 0 aliphatic carbocycles. The Bertz CT molecular complexity index is 1030. The largest absolute Gasteiger partial charge is 0.460 e.